The van der Waals surface area contributed by atoms with Crippen molar-refractivity contribution in [2.75, 3.05) is 26.3 Å². The Bertz CT molecular complexity index is 866. The second-order valence-corrected chi connectivity index (χ2v) is 6.09. The van der Waals surface area contributed by atoms with E-state index < -0.39 is 0 Å². The van der Waals surface area contributed by atoms with Gasteiger partial charge in [-0.3, -0.25) is 9.78 Å². The second kappa shape index (κ2) is 6.94. The summed E-state index contributed by atoms with van der Waals surface area (Å²) in [7, 11) is 0. The lowest BCUT2D eigenvalue weighted by Gasteiger charge is -2.23. The second-order valence-electron chi connectivity index (χ2n) is 6.09. The molecule has 4 heterocycles. The Morgan fingerprint density at radius 2 is 2.12 bits per heavy atom. The monoisotopic (exact) mass is 338 g/mol. The molecule has 0 saturated carbocycles. The van der Waals surface area contributed by atoms with Crippen LogP contribution >= 0.6 is 0 Å². The van der Waals surface area contributed by atoms with E-state index in [0.29, 0.717) is 31.9 Å². The van der Waals surface area contributed by atoms with Crippen molar-refractivity contribution in [1.82, 2.24) is 29.2 Å². The van der Waals surface area contributed by atoms with Gasteiger partial charge in [-0.05, 0) is 6.42 Å². The molecule has 1 amide bonds. The summed E-state index contributed by atoms with van der Waals surface area (Å²) in [6.45, 7) is 2.33. The van der Waals surface area contributed by atoms with E-state index in [1.807, 2.05) is 21.7 Å². The fraction of sp³-hybridized carbons (Fsp3) is 0.353. The molecule has 3 aromatic heterocycles. The van der Waals surface area contributed by atoms with E-state index in [1.54, 1.807) is 24.8 Å². The minimum Gasteiger partial charge on any atom is -0.379 e. The molecular formula is C17H18N6O2. The lowest BCUT2D eigenvalue weighted by atomic mass is 10.0. The quantitative estimate of drug-likeness (QED) is 0.704. The van der Waals surface area contributed by atoms with E-state index in [2.05, 4.69) is 19.9 Å². The molecule has 3 aromatic rings. The fourth-order valence-corrected chi connectivity index (χ4v) is 3.05. The molecule has 1 aliphatic rings. The first-order chi connectivity index (χ1) is 12.3. The van der Waals surface area contributed by atoms with Gasteiger partial charge in [-0.2, -0.15) is 0 Å². The molecule has 1 aliphatic heterocycles. The summed E-state index contributed by atoms with van der Waals surface area (Å²) in [5.74, 6) is 0.124. The molecule has 1 atom stereocenters. The van der Waals surface area contributed by atoms with E-state index in [4.69, 9.17) is 4.74 Å². The van der Waals surface area contributed by atoms with Crippen LogP contribution in [0.5, 0.6) is 0 Å². The van der Waals surface area contributed by atoms with Crippen LogP contribution in [-0.2, 0) is 11.2 Å². The number of amides is 1. The number of nitrogens with zero attached hydrogens (tertiary/aromatic N) is 6. The molecule has 0 aromatic carbocycles. The molecule has 0 bridgehead atoms. The third kappa shape index (κ3) is 3.48. The molecule has 0 aliphatic carbocycles. The molecule has 1 unspecified atom stereocenters. The van der Waals surface area contributed by atoms with Gasteiger partial charge >= 0.3 is 0 Å². The van der Waals surface area contributed by atoms with Crippen molar-refractivity contribution in [2.45, 2.75) is 6.42 Å². The number of rotatable bonds is 3. The van der Waals surface area contributed by atoms with Crippen LogP contribution in [-0.4, -0.2) is 61.4 Å². The maximum Gasteiger partial charge on any atom is 0.257 e. The average Bonchev–Trinajstić information content (AvgIpc) is 2.99. The van der Waals surface area contributed by atoms with Gasteiger partial charge in [-0.1, -0.05) is 0 Å². The summed E-state index contributed by atoms with van der Waals surface area (Å²) in [5, 5.41) is 0. The molecule has 8 nitrogen and oxygen atoms in total. The van der Waals surface area contributed by atoms with E-state index >= 15 is 0 Å². The van der Waals surface area contributed by atoms with Crippen LogP contribution in [0.1, 0.15) is 16.1 Å². The topological polar surface area (TPSA) is 85.5 Å². The molecule has 25 heavy (non-hydrogen) atoms. The minimum atomic E-state index is -0.0610. The van der Waals surface area contributed by atoms with Crippen LogP contribution in [0.15, 0.2) is 43.5 Å². The van der Waals surface area contributed by atoms with Crippen molar-refractivity contribution in [3.63, 3.8) is 0 Å². The number of fused-ring (bicyclic) bond motifs is 1. The van der Waals surface area contributed by atoms with Crippen molar-refractivity contribution in [1.29, 1.82) is 0 Å². The highest BCUT2D eigenvalue weighted by atomic mass is 16.5. The van der Waals surface area contributed by atoms with Gasteiger partial charge in [0.05, 0.1) is 30.7 Å². The zero-order chi connectivity index (χ0) is 17.1. The molecule has 0 radical (unpaired) electrons. The minimum absolute atomic E-state index is 0.0610. The average molecular weight is 338 g/mol. The van der Waals surface area contributed by atoms with Gasteiger partial charge < -0.3 is 14.0 Å². The van der Waals surface area contributed by atoms with Crippen molar-refractivity contribution in [3.05, 3.63) is 54.8 Å². The highest BCUT2D eigenvalue weighted by Crippen LogP contribution is 2.15. The standard InChI is InChI=1S/C17H18N6O2/c24-17(14-6-18-12-19-7-14)23-3-4-25-11-13(9-23)5-15-10-22-2-1-20-16(22)8-21-15/h1-2,6-8,10,12-13H,3-5,9,11H2. The number of imidazole rings is 1. The predicted molar refractivity (Wildman–Crippen MR) is 88.9 cm³/mol. The zero-order valence-corrected chi connectivity index (χ0v) is 13.7. The molecule has 4 rings (SSSR count). The fourth-order valence-electron chi connectivity index (χ4n) is 3.05. The van der Waals surface area contributed by atoms with Gasteiger partial charge in [0, 0.05) is 50.0 Å². The van der Waals surface area contributed by atoms with E-state index in [-0.39, 0.29) is 11.8 Å². The first-order valence-corrected chi connectivity index (χ1v) is 8.19. The van der Waals surface area contributed by atoms with Crippen LogP contribution in [0.2, 0.25) is 0 Å². The van der Waals surface area contributed by atoms with Gasteiger partial charge in [0.1, 0.15) is 6.33 Å². The Hall–Kier alpha value is -2.87. The smallest absolute Gasteiger partial charge is 0.257 e. The van der Waals surface area contributed by atoms with Crippen LogP contribution in [0.3, 0.4) is 0 Å². The van der Waals surface area contributed by atoms with Gasteiger partial charge in [-0.15, -0.1) is 0 Å². The number of ether oxygens (including phenoxy) is 1. The number of carbonyl (C=O) groups excluding carboxylic acids is 1. The molecule has 1 fully saturated rings. The first-order valence-electron chi connectivity index (χ1n) is 8.19. The van der Waals surface area contributed by atoms with Crippen LogP contribution in [0.4, 0.5) is 0 Å². The van der Waals surface area contributed by atoms with Gasteiger partial charge in [0.2, 0.25) is 0 Å². The summed E-state index contributed by atoms with van der Waals surface area (Å²) in [5.41, 5.74) is 2.28. The maximum atomic E-state index is 12.7. The highest BCUT2D eigenvalue weighted by molar-refractivity contribution is 5.93. The molecule has 8 heteroatoms. The van der Waals surface area contributed by atoms with Crippen molar-refractivity contribution < 1.29 is 9.53 Å². The zero-order valence-electron chi connectivity index (χ0n) is 13.7. The Labute approximate surface area is 144 Å². The van der Waals surface area contributed by atoms with Crippen molar-refractivity contribution >= 4 is 11.6 Å². The lowest BCUT2D eigenvalue weighted by molar-refractivity contribution is 0.0736. The lowest BCUT2D eigenvalue weighted by Crippen LogP contribution is -2.36. The third-order valence-electron chi connectivity index (χ3n) is 4.26. The molecule has 0 spiro atoms. The molecule has 128 valence electrons. The summed E-state index contributed by atoms with van der Waals surface area (Å²) >= 11 is 0. The Morgan fingerprint density at radius 1 is 1.24 bits per heavy atom. The van der Waals surface area contributed by atoms with Crippen molar-refractivity contribution in [2.24, 2.45) is 5.92 Å². The van der Waals surface area contributed by atoms with Gasteiger partial charge in [0.25, 0.3) is 5.91 Å². The SMILES string of the molecule is O=C(c1cncnc1)N1CCOCC(Cc2cn3ccnc3cn2)C1. The highest BCUT2D eigenvalue weighted by Gasteiger charge is 2.24. The summed E-state index contributed by atoms with van der Waals surface area (Å²) in [6, 6.07) is 0. The molecule has 0 N–H and O–H groups in total. The van der Waals surface area contributed by atoms with Crippen LogP contribution in [0, 0.1) is 5.92 Å². The third-order valence-corrected chi connectivity index (χ3v) is 4.26. The normalized spacial score (nSPS) is 18.2. The predicted octanol–water partition coefficient (Wildman–Crippen LogP) is 0.851. The van der Waals surface area contributed by atoms with Crippen LogP contribution in [0.25, 0.3) is 5.65 Å². The number of aromatic nitrogens is 5. The van der Waals surface area contributed by atoms with E-state index in [0.717, 1.165) is 17.8 Å². The first kappa shape index (κ1) is 15.6. The Kier molecular flexibility index (Phi) is 4.34. The maximum absolute atomic E-state index is 12.7. The van der Waals surface area contributed by atoms with E-state index in [9.17, 15) is 4.79 Å². The van der Waals surface area contributed by atoms with Gasteiger partial charge in [0.15, 0.2) is 5.65 Å². The summed E-state index contributed by atoms with van der Waals surface area (Å²) in [6.07, 6.45) is 12.6. The molecular weight excluding hydrogens is 320 g/mol. The molecule has 1 saturated heterocycles. The summed E-state index contributed by atoms with van der Waals surface area (Å²) in [4.78, 5) is 31.0. The number of hydrogen-bond acceptors (Lipinski definition) is 6. The number of hydrogen-bond donors (Lipinski definition) is 0. The Balaban J connectivity index is 1.48. The summed E-state index contributed by atoms with van der Waals surface area (Å²) < 4.78 is 7.64. The van der Waals surface area contributed by atoms with Gasteiger partial charge in [-0.25, -0.2) is 15.0 Å². The Morgan fingerprint density at radius 3 is 3.00 bits per heavy atom. The largest absolute Gasteiger partial charge is 0.379 e. The van der Waals surface area contributed by atoms with Crippen molar-refractivity contribution in [3.8, 4) is 0 Å². The van der Waals surface area contributed by atoms with E-state index in [1.165, 1.54) is 6.33 Å². The number of carbonyl (C=O) groups is 1. The van der Waals surface area contributed by atoms with Crippen LogP contribution < -0.4 is 0 Å².